The number of carbonyl (C=O) groups excluding carboxylic acids is 2. The number of ether oxygens (including phenoxy) is 1. The van der Waals surface area contributed by atoms with Crippen LogP contribution >= 0.6 is 11.6 Å². The quantitative estimate of drug-likeness (QED) is 0.912. The second-order valence-corrected chi connectivity index (χ2v) is 6.37. The van der Waals surface area contributed by atoms with E-state index >= 15 is 0 Å². The van der Waals surface area contributed by atoms with Crippen LogP contribution in [0.3, 0.4) is 0 Å². The predicted octanol–water partition coefficient (Wildman–Crippen LogP) is 3.33. The fraction of sp³-hybridized carbons (Fsp3) is 0.263. The van der Waals surface area contributed by atoms with Crippen molar-refractivity contribution in [3.63, 3.8) is 0 Å². The number of para-hydroxylation sites is 2. The van der Waals surface area contributed by atoms with Crippen LogP contribution in [0.25, 0.3) is 0 Å². The van der Waals surface area contributed by atoms with Gasteiger partial charge in [-0.3, -0.25) is 14.5 Å². The number of halogens is 1. The average Bonchev–Trinajstić information content (AvgIpc) is 2.59. The maximum absolute atomic E-state index is 12.5. The molecular formula is C19H19ClN2O3. The molecule has 3 rings (SSSR count). The molecule has 0 bridgehead atoms. The molecule has 0 spiro atoms. The van der Waals surface area contributed by atoms with E-state index in [-0.39, 0.29) is 24.4 Å². The molecule has 1 aliphatic heterocycles. The lowest BCUT2D eigenvalue weighted by molar-refractivity contribution is -0.128. The van der Waals surface area contributed by atoms with E-state index in [1.54, 1.807) is 25.1 Å². The van der Waals surface area contributed by atoms with Crippen LogP contribution in [0.5, 0.6) is 5.75 Å². The van der Waals surface area contributed by atoms with Gasteiger partial charge in [-0.25, -0.2) is 0 Å². The molecule has 2 amide bonds. The minimum Gasteiger partial charge on any atom is -0.479 e. The largest absolute Gasteiger partial charge is 0.479 e. The van der Waals surface area contributed by atoms with Gasteiger partial charge in [-0.05, 0) is 37.6 Å². The Labute approximate surface area is 151 Å². The number of nitrogens with zero attached hydrogens (tertiary/aromatic N) is 1. The Kier molecular flexibility index (Phi) is 4.95. The zero-order valence-electron chi connectivity index (χ0n) is 14.0. The molecule has 1 heterocycles. The summed E-state index contributed by atoms with van der Waals surface area (Å²) in [5.74, 6) is 0.102. The summed E-state index contributed by atoms with van der Waals surface area (Å²) < 4.78 is 5.58. The summed E-state index contributed by atoms with van der Waals surface area (Å²) in [6.45, 7) is 3.46. The first-order valence-electron chi connectivity index (χ1n) is 8.08. The van der Waals surface area contributed by atoms with Gasteiger partial charge in [0.15, 0.2) is 6.10 Å². The number of anilines is 1. The summed E-state index contributed by atoms with van der Waals surface area (Å²) in [4.78, 5) is 26.4. The van der Waals surface area contributed by atoms with Gasteiger partial charge in [-0.1, -0.05) is 41.9 Å². The second-order valence-electron chi connectivity index (χ2n) is 5.96. The van der Waals surface area contributed by atoms with E-state index in [0.717, 1.165) is 5.56 Å². The Hall–Kier alpha value is -2.53. The average molecular weight is 359 g/mol. The Bertz CT molecular complexity index is 809. The molecule has 25 heavy (non-hydrogen) atoms. The van der Waals surface area contributed by atoms with E-state index in [1.165, 1.54) is 4.90 Å². The monoisotopic (exact) mass is 358 g/mol. The number of carbonyl (C=O) groups is 2. The maximum Gasteiger partial charge on any atom is 0.268 e. The molecule has 130 valence electrons. The van der Waals surface area contributed by atoms with Crippen LogP contribution in [0.4, 0.5) is 5.69 Å². The molecular weight excluding hydrogens is 340 g/mol. The lowest BCUT2D eigenvalue weighted by Gasteiger charge is -2.32. The van der Waals surface area contributed by atoms with Crippen molar-refractivity contribution in [3.05, 3.63) is 59.1 Å². The first-order chi connectivity index (χ1) is 12.0. The van der Waals surface area contributed by atoms with Crippen molar-refractivity contribution >= 4 is 29.1 Å². The smallest absolute Gasteiger partial charge is 0.268 e. The van der Waals surface area contributed by atoms with Gasteiger partial charge in [0, 0.05) is 5.02 Å². The SMILES string of the molecule is CC1Oc2ccccc2N(CC(=O)NC(C)c2ccccc2Cl)C1=O. The first-order valence-corrected chi connectivity index (χ1v) is 8.46. The molecule has 0 saturated heterocycles. The van der Waals surface area contributed by atoms with Gasteiger partial charge in [-0.2, -0.15) is 0 Å². The zero-order valence-corrected chi connectivity index (χ0v) is 14.8. The highest BCUT2D eigenvalue weighted by atomic mass is 35.5. The standard InChI is InChI=1S/C19H19ClN2O3/c1-12(14-7-3-4-8-15(14)20)21-18(23)11-22-16-9-5-6-10-17(16)25-13(2)19(22)24/h3-10,12-13H,11H2,1-2H3,(H,21,23). The molecule has 0 aliphatic carbocycles. The molecule has 2 atom stereocenters. The molecule has 2 unspecified atom stereocenters. The van der Waals surface area contributed by atoms with Crippen molar-refractivity contribution in [3.8, 4) is 5.75 Å². The maximum atomic E-state index is 12.5. The number of rotatable bonds is 4. The lowest BCUT2D eigenvalue weighted by Crippen LogP contribution is -2.49. The van der Waals surface area contributed by atoms with Gasteiger partial charge in [0.05, 0.1) is 11.7 Å². The fourth-order valence-electron chi connectivity index (χ4n) is 2.86. The van der Waals surface area contributed by atoms with E-state index in [0.29, 0.717) is 16.5 Å². The topological polar surface area (TPSA) is 58.6 Å². The molecule has 0 saturated carbocycles. The summed E-state index contributed by atoms with van der Waals surface area (Å²) in [6.07, 6.45) is -0.622. The Morgan fingerprint density at radius 3 is 2.68 bits per heavy atom. The van der Waals surface area contributed by atoms with E-state index in [9.17, 15) is 9.59 Å². The minimum atomic E-state index is -0.622. The number of nitrogens with one attached hydrogen (secondary N) is 1. The number of fused-ring (bicyclic) bond motifs is 1. The number of hydrogen-bond donors (Lipinski definition) is 1. The normalized spacial score (nSPS) is 17.5. The molecule has 5 nitrogen and oxygen atoms in total. The fourth-order valence-corrected chi connectivity index (χ4v) is 3.16. The summed E-state index contributed by atoms with van der Waals surface area (Å²) in [7, 11) is 0. The van der Waals surface area contributed by atoms with Crippen LogP contribution in [0.2, 0.25) is 5.02 Å². The highest BCUT2D eigenvalue weighted by Gasteiger charge is 2.32. The number of hydrogen-bond acceptors (Lipinski definition) is 3. The molecule has 2 aromatic rings. The summed E-state index contributed by atoms with van der Waals surface area (Å²) in [6, 6.07) is 14.3. The molecule has 2 aromatic carbocycles. The van der Waals surface area contributed by atoms with Crippen molar-refractivity contribution < 1.29 is 14.3 Å². The van der Waals surface area contributed by atoms with Crippen molar-refractivity contribution in [2.24, 2.45) is 0 Å². The van der Waals surface area contributed by atoms with E-state index in [1.807, 2.05) is 37.3 Å². The van der Waals surface area contributed by atoms with Gasteiger partial charge >= 0.3 is 0 Å². The Morgan fingerprint density at radius 2 is 1.92 bits per heavy atom. The predicted molar refractivity (Wildman–Crippen MR) is 96.9 cm³/mol. The zero-order chi connectivity index (χ0) is 18.0. The van der Waals surface area contributed by atoms with Gasteiger partial charge in [-0.15, -0.1) is 0 Å². The van der Waals surface area contributed by atoms with Crippen molar-refractivity contribution in [1.29, 1.82) is 0 Å². The molecule has 1 aliphatic rings. The Morgan fingerprint density at radius 1 is 1.24 bits per heavy atom. The van der Waals surface area contributed by atoms with Gasteiger partial charge in [0.2, 0.25) is 5.91 Å². The number of amides is 2. The van der Waals surface area contributed by atoms with Gasteiger partial charge in [0.1, 0.15) is 12.3 Å². The lowest BCUT2D eigenvalue weighted by atomic mass is 10.1. The molecule has 0 fully saturated rings. The van der Waals surface area contributed by atoms with Crippen molar-refractivity contribution in [2.75, 3.05) is 11.4 Å². The van der Waals surface area contributed by atoms with Crippen LogP contribution in [-0.2, 0) is 9.59 Å². The van der Waals surface area contributed by atoms with E-state index in [4.69, 9.17) is 16.3 Å². The third-order valence-corrected chi connectivity index (χ3v) is 4.47. The van der Waals surface area contributed by atoms with Crippen LogP contribution in [0, 0.1) is 0 Å². The second kappa shape index (κ2) is 7.15. The van der Waals surface area contributed by atoms with Crippen molar-refractivity contribution in [1.82, 2.24) is 5.32 Å². The molecule has 0 radical (unpaired) electrons. The number of benzene rings is 2. The highest BCUT2D eigenvalue weighted by molar-refractivity contribution is 6.31. The third-order valence-electron chi connectivity index (χ3n) is 4.12. The molecule has 0 aromatic heterocycles. The van der Waals surface area contributed by atoms with E-state index < -0.39 is 6.10 Å². The van der Waals surface area contributed by atoms with Crippen LogP contribution in [0.15, 0.2) is 48.5 Å². The van der Waals surface area contributed by atoms with Gasteiger partial charge in [0.25, 0.3) is 5.91 Å². The van der Waals surface area contributed by atoms with Crippen LogP contribution in [-0.4, -0.2) is 24.5 Å². The first kappa shape index (κ1) is 17.3. The summed E-state index contributed by atoms with van der Waals surface area (Å²) >= 11 is 6.17. The molecule has 6 heteroatoms. The highest BCUT2D eigenvalue weighted by Crippen LogP contribution is 2.33. The van der Waals surface area contributed by atoms with E-state index in [2.05, 4.69) is 5.32 Å². The van der Waals surface area contributed by atoms with Crippen LogP contribution < -0.4 is 15.0 Å². The molecule has 1 N–H and O–H groups in total. The summed E-state index contributed by atoms with van der Waals surface area (Å²) in [5, 5.41) is 3.49. The van der Waals surface area contributed by atoms with Crippen molar-refractivity contribution in [2.45, 2.75) is 26.0 Å². The Balaban J connectivity index is 1.74. The third kappa shape index (κ3) is 3.61. The summed E-state index contributed by atoms with van der Waals surface area (Å²) in [5.41, 5.74) is 1.44. The minimum absolute atomic E-state index is 0.0711. The van der Waals surface area contributed by atoms with Gasteiger partial charge < -0.3 is 10.1 Å². The van der Waals surface area contributed by atoms with Crippen LogP contribution in [0.1, 0.15) is 25.5 Å².